The molecular weight excluding hydrogens is 336 g/mol. The predicted molar refractivity (Wildman–Crippen MR) is 108 cm³/mol. The van der Waals surface area contributed by atoms with Crippen LogP contribution < -0.4 is 4.74 Å². The normalized spacial score (nSPS) is 19.0. The Bertz CT molecular complexity index is 727. The second-order valence-electron chi connectivity index (χ2n) is 7.81. The number of hydrogen-bond donors (Lipinski definition) is 0. The van der Waals surface area contributed by atoms with Crippen LogP contribution in [0.3, 0.4) is 0 Å². The van der Waals surface area contributed by atoms with Gasteiger partial charge in [0.25, 0.3) is 0 Å². The third kappa shape index (κ3) is 5.16. The van der Waals surface area contributed by atoms with Crippen molar-refractivity contribution in [2.45, 2.75) is 64.2 Å². The third-order valence-electron chi connectivity index (χ3n) is 5.93. The monoisotopic (exact) mass is 366 g/mol. The Labute approximate surface area is 163 Å². The molecule has 1 saturated carbocycles. The van der Waals surface area contributed by atoms with Gasteiger partial charge >= 0.3 is 5.97 Å². The summed E-state index contributed by atoms with van der Waals surface area (Å²) >= 11 is 0. The predicted octanol–water partition coefficient (Wildman–Crippen LogP) is 5.41. The van der Waals surface area contributed by atoms with Gasteiger partial charge in [-0.2, -0.15) is 0 Å². The van der Waals surface area contributed by atoms with E-state index in [9.17, 15) is 4.79 Å². The van der Waals surface area contributed by atoms with Crippen LogP contribution in [0.25, 0.3) is 0 Å². The fraction of sp³-hybridized carbons (Fsp3) is 0.542. The van der Waals surface area contributed by atoms with Gasteiger partial charge in [0.2, 0.25) is 0 Å². The maximum Gasteiger partial charge on any atom is 0.307 e. The molecule has 1 aromatic rings. The summed E-state index contributed by atoms with van der Waals surface area (Å²) in [6.07, 6.45) is 12.1. The highest BCUT2D eigenvalue weighted by Gasteiger charge is 2.34. The van der Waals surface area contributed by atoms with Gasteiger partial charge in [0.15, 0.2) is 0 Å². The number of allylic oxidation sites excluding steroid dienone is 1. The van der Waals surface area contributed by atoms with Gasteiger partial charge < -0.3 is 9.47 Å². The summed E-state index contributed by atoms with van der Waals surface area (Å²) in [4.78, 5) is 11.6. The van der Waals surface area contributed by atoms with Gasteiger partial charge in [-0.05, 0) is 61.3 Å². The van der Waals surface area contributed by atoms with E-state index in [1.165, 1.54) is 57.6 Å². The molecule has 0 saturated heterocycles. The van der Waals surface area contributed by atoms with Crippen LogP contribution in [0.15, 0.2) is 35.9 Å². The van der Waals surface area contributed by atoms with Crippen molar-refractivity contribution in [2.75, 3.05) is 13.7 Å². The average molecular weight is 367 g/mol. The van der Waals surface area contributed by atoms with Crippen molar-refractivity contribution >= 4 is 5.97 Å². The van der Waals surface area contributed by atoms with Crippen LogP contribution in [0.5, 0.6) is 5.75 Å². The van der Waals surface area contributed by atoms with Crippen LogP contribution >= 0.6 is 0 Å². The number of carbonyl (C=O) groups is 1. The fourth-order valence-corrected chi connectivity index (χ4v) is 4.40. The Morgan fingerprint density at radius 3 is 2.56 bits per heavy atom. The molecule has 0 unspecified atom stereocenters. The van der Waals surface area contributed by atoms with E-state index in [4.69, 9.17) is 9.47 Å². The van der Waals surface area contributed by atoms with Gasteiger partial charge in [0, 0.05) is 0 Å². The third-order valence-corrected chi connectivity index (χ3v) is 5.93. The van der Waals surface area contributed by atoms with Crippen LogP contribution in [0.4, 0.5) is 0 Å². The van der Waals surface area contributed by atoms with E-state index in [0.717, 1.165) is 11.3 Å². The van der Waals surface area contributed by atoms with Crippen LogP contribution in [0.1, 0.15) is 69.8 Å². The maximum atomic E-state index is 11.6. The van der Waals surface area contributed by atoms with Crippen molar-refractivity contribution in [1.82, 2.24) is 0 Å². The molecule has 1 atom stereocenters. The fourth-order valence-electron chi connectivity index (χ4n) is 4.40. The second kappa shape index (κ2) is 9.13. The van der Waals surface area contributed by atoms with Gasteiger partial charge in [0.1, 0.15) is 12.4 Å². The lowest BCUT2D eigenvalue weighted by atomic mass is 9.74. The zero-order valence-electron chi connectivity index (χ0n) is 16.6. The van der Waals surface area contributed by atoms with Crippen LogP contribution in [-0.4, -0.2) is 19.7 Å². The first-order chi connectivity index (χ1) is 13.1. The highest BCUT2D eigenvalue weighted by Crippen LogP contribution is 2.47. The van der Waals surface area contributed by atoms with Crippen LogP contribution in [0, 0.1) is 17.3 Å². The average Bonchev–Trinajstić information content (AvgIpc) is 3.09. The largest absolute Gasteiger partial charge is 0.489 e. The SMILES string of the molecule is CC#C[C@@H](CC(=O)OC)c1ccc(OCC2=CC3(CCCCC3)CC2)cc1. The Morgan fingerprint density at radius 1 is 1.15 bits per heavy atom. The van der Waals surface area contributed by atoms with Crippen molar-refractivity contribution in [2.24, 2.45) is 5.41 Å². The summed E-state index contributed by atoms with van der Waals surface area (Å²) in [5, 5.41) is 0. The molecule has 2 aliphatic carbocycles. The number of benzene rings is 1. The molecule has 27 heavy (non-hydrogen) atoms. The first-order valence-electron chi connectivity index (χ1n) is 10.1. The zero-order valence-corrected chi connectivity index (χ0v) is 16.6. The maximum absolute atomic E-state index is 11.6. The molecule has 144 valence electrons. The van der Waals surface area contributed by atoms with E-state index in [0.29, 0.717) is 12.0 Å². The van der Waals surface area contributed by atoms with Crippen molar-refractivity contribution in [3.63, 3.8) is 0 Å². The lowest BCUT2D eigenvalue weighted by Gasteiger charge is -2.31. The molecule has 3 rings (SSSR count). The molecule has 3 nitrogen and oxygen atoms in total. The highest BCUT2D eigenvalue weighted by atomic mass is 16.5. The summed E-state index contributed by atoms with van der Waals surface area (Å²) in [7, 11) is 1.41. The molecule has 0 N–H and O–H groups in total. The van der Waals surface area contributed by atoms with E-state index in [2.05, 4.69) is 17.9 Å². The topological polar surface area (TPSA) is 35.5 Å². The lowest BCUT2D eigenvalue weighted by molar-refractivity contribution is -0.140. The molecule has 0 radical (unpaired) electrons. The Kier molecular flexibility index (Phi) is 6.61. The zero-order chi connectivity index (χ0) is 19.1. The number of ether oxygens (including phenoxy) is 2. The minimum absolute atomic E-state index is 0.139. The van der Waals surface area contributed by atoms with E-state index in [-0.39, 0.29) is 18.3 Å². The number of carbonyl (C=O) groups excluding carboxylic acids is 1. The lowest BCUT2D eigenvalue weighted by Crippen LogP contribution is -2.18. The molecule has 3 heteroatoms. The summed E-state index contributed by atoms with van der Waals surface area (Å²) in [6.45, 7) is 2.47. The van der Waals surface area contributed by atoms with Crippen molar-refractivity contribution in [3.05, 3.63) is 41.5 Å². The first kappa shape index (κ1) is 19.5. The van der Waals surface area contributed by atoms with Gasteiger partial charge in [0.05, 0.1) is 19.4 Å². The Balaban J connectivity index is 1.58. The first-order valence-corrected chi connectivity index (χ1v) is 10.1. The second-order valence-corrected chi connectivity index (χ2v) is 7.81. The van der Waals surface area contributed by atoms with Crippen molar-refractivity contribution in [1.29, 1.82) is 0 Å². The number of rotatable bonds is 6. The molecule has 0 amide bonds. The molecule has 1 spiro atoms. The summed E-state index contributed by atoms with van der Waals surface area (Å²) < 4.78 is 10.8. The molecule has 0 aliphatic heterocycles. The summed E-state index contributed by atoms with van der Waals surface area (Å²) in [5.74, 6) is 6.48. The summed E-state index contributed by atoms with van der Waals surface area (Å²) in [6, 6.07) is 7.95. The standard InChI is InChI=1S/C24H30O3/c1-3-7-21(16-23(25)26-2)20-8-10-22(11-9-20)27-18-19-12-15-24(17-19)13-5-4-6-14-24/h8-11,17,21H,4-6,12-16,18H2,1-2H3/t21-/m0/s1. The molecular formula is C24H30O3. The van der Waals surface area contributed by atoms with Crippen molar-refractivity contribution < 1.29 is 14.3 Å². The number of methoxy groups -OCH3 is 1. The molecule has 0 bridgehead atoms. The van der Waals surface area contributed by atoms with Gasteiger partial charge in [-0.25, -0.2) is 0 Å². The molecule has 0 heterocycles. The number of esters is 1. The van der Waals surface area contributed by atoms with Gasteiger partial charge in [-0.15, -0.1) is 5.92 Å². The smallest absolute Gasteiger partial charge is 0.307 e. The van der Waals surface area contributed by atoms with E-state index in [1.807, 2.05) is 24.3 Å². The van der Waals surface area contributed by atoms with Crippen LogP contribution in [0.2, 0.25) is 0 Å². The minimum atomic E-state index is -0.243. The molecule has 1 aromatic carbocycles. The van der Waals surface area contributed by atoms with E-state index in [1.54, 1.807) is 6.92 Å². The minimum Gasteiger partial charge on any atom is -0.489 e. The highest BCUT2D eigenvalue weighted by molar-refractivity contribution is 5.71. The summed E-state index contributed by atoms with van der Waals surface area (Å²) in [5.41, 5.74) is 2.94. The molecule has 0 aromatic heterocycles. The Morgan fingerprint density at radius 2 is 1.89 bits per heavy atom. The molecule has 2 aliphatic rings. The Hall–Kier alpha value is -2.21. The van der Waals surface area contributed by atoms with Crippen molar-refractivity contribution in [3.8, 4) is 17.6 Å². The van der Waals surface area contributed by atoms with E-state index >= 15 is 0 Å². The quantitative estimate of drug-likeness (QED) is 0.384. The van der Waals surface area contributed by atoms with Crippen LogP contribution in [-0.2, 0) is 9.53 Å². The van der Waals surface area contributed by atoms with Gasteiger partial charge in [-0.1, -0.05) is 43.4 Å². The number of hydrogen-bond acceptors (Lipinski definition) is 3. The molecule has 1 fully saturated rings. The van der Waals surface area contributed by atoms with E-state index < -0.39 is 0 Å². The van der Waals surface area contributed by atoms with Gasteiger partial charge in [-0.3, -0.25) is 4.79 Å².